The minimum atomic E-state index is -0.00567. The first kappa shape index (κ1) is 16.0. The maximum atomic E-state index is 12.4. The van der Waals surface area contributed by atoms with Gasteiger partial charge in [-0.05, 0) is 29.7 Å². The minimum Gasteiger partial charge on any atom is -0.490 e. The average molecular weight is 338 g/mol. The molecule has 0 aromatic heterocycles. The SMILES string of the molecule is O=C(CN1CCc2ccccc2C1)Nc1ccc2c(c1)OCCCO2. The van der Waals surface area contributed by atoms with E-state index in [0.717, 1.165) is 37.4 Å². The van der Waals surface area contributed by atoms with Gasteiger partial charge < -0.3 is 14.8 Å². The van der Waals surface area contributed by atoms with Crippen molar-refractivity contribution in [3.05, 3.63) is 53.6 Å². The average Bonchev–Trinajstić information content (AvgIpc) is 2.86. The summed E-state index contributed by atoms with van der Waals surface area (Å²) >= 11 is 0. The fourth-order valence-electron chi connectivity index (χ4n) is 3.33. The van der Waals surface area contributed by atoms with Crippen LogP contribution in [0.1, 0.15) is 17.5 Å². The first-order valence-electron chi connectivity index (χ1n) is 8.76. The van der Waals surface area contributed by atoms with Gasteiger partial charge in [0.2, 0.25) is 5.91 Å². The van der Waals surface area contributed by atoms with Gasteiger partial charge in [-0.2, -0.15) is 0 Å². The molecule has 0 spiro atoms. The quantitative estimate of drug-likeness (QED) is 0.935. The maximum absolute atomic E-state index is 12.4. The van der Waals surface area contributed by atoms with Gasteiger partial charge in [0.1, 0.15) is 0 Å². The number of hydrogen-bond donors (Lipinski definition) is 1. The van der Waals surface area contributed by atoms with Crippen molar-refractivity contribution in [2.45, 2.75) is 19.4 Å². The Hall–Kier alpha value is -2.53. The van der Waals surface area contributed by atoms with Gasteiger partial charge in [-0.1, -0.05) is 24.3 Å². The van der Waals surface area contributed by atoms with Crippen LogP contribution < -0.4 is 14.8 Å². The molecule has 0 unspecified atom stereocenters. The lowest BCUT2D eigenvalue weighted by molar-refractivity contribution is -0.117. The molecule has 0 fully saturated rings. The summed E-state index contributed by atoms with van der Waals surface area (Å²) in [5, 5.41) is 2.97. The van der Waals surface area contributed by atoms with Gasteiger partial charge in [0, 0.05) is 31.3 Å². The van der Waals surface area contributed by atoms with Crippen molar-refractivity contribution in [1.82, 2.24) is 4.90 Å². The zero-order chi connectivity index (χ0) is 17.1. The molecule has 2 aliphatic rings. The first-order chi connectivity index (χ1) is 12.3. The molecule has 1 amide bonds. The van der Waals surface area contributed by atoms with Crippen molar-refractivity contribution < 1.29 is 14.3 Å². The topological polar surface area (TPSA) is 50.8 Å². The predicted octanol–water partition coefficient (Wildman–Crippen LogP) is 2.84. The normalized spacial score (nSPS) is 16.6. The largest absolute Gasteiger partial charge is 0.490 e. The Kier molecular flexibility index (Phi) is 4.57. The number of ether oxygens (including phenoxy) is 2. The van der Waals surface area contributed by atoms with E-state index in [-0.39, 0.29) is 5.91 Å². The van der Waals surface area contributed by atoms with E-state index in [1.165, 1.54) is 11.1 Å². The van der Waals surface area contributed by atoms with Crippen LogP contribution in [0.25, 0.3) is 0 Å². The summed E-state index contributed by atoms with van der Waals surface area (Å²) in [5.41, 5.74) is 3.45. The molecule has 0 bridgehead atoms. The van der Waals surface area contributed by atoms with Crippen molar-refractivity contribution in [2.24, 2.45) is 0 Å². The zero-order valence-electron chi connectivity index (χ0n) is 14.2. The third-order valence-corrected chi connectivity index (χ3v) is 4.61. The van der Waals surface area contributed by atoms with Crippen molar-refractivity contribution in [2.75, 3.05) is 31.6 Å². The Bertz CT molecular complexity index is 775. The number of fused-ring (bicyclic) bond motifs is 2. The molecule has 2 heterocycles. The molecule has 4 rings (SSSR count). The molecule has 5 nitrogen and oxygen atoms in total. The molecule has 1 N–H and O–H groups in total. The van der Waals surface area contributed by atoms with Gasteiger partial charge in [-0.25, -0.2) is 0 Å². The summed E-state index contributed by atoms with van der Waals surface area (Å²) < 4.78 is 11.3. The summed E-state index contributed by atoms with van der Waals surface area (Å²) in [6.07, 6.45) is 1.86. The molecule has 2 aromatic rings. The number of carbonyl (C=O) groups is 1. The fourth-order valence-corrected chi connectivity index (χ4v) is 3.33. The second kappa shape index (κ2) is 7.15. The van der Waals surface area contributed by atoms with Crippen LogP contribution in [0.5, 0.6) is 11.5 Å². The molecule has 0 saturated heterocycles. The molecule has 0 atom stereocenters. The van der Waals surface area contributed by atoms with Crippen LogP contribution in [0, 0.1) is 0 Å². The fraction of sp³-hybridized carbons (Fsp3) is 0.350. The molecule has 2 aromatic carbocycles. The van der Waals surface area contributed by atoms with Crippen LogP contribution in [-0.2, 0) is 17.8 Å². The Morgan fingerprint density at radius 2 is 1.84 bits per heavy atom. The van der Waals surface area contributed by atoms with Crippen LogP contribution in [0.4, 0.5) is 5.69 Å². The van der Waals surface area contributed by atoms with Crippen molar-refractivity contribution >= 4 is 11.6 Å². The number of nitrogens with one attached hydrogen (secondary N) is 1. The van der Waals surface area contributed by atoms with E-state index in [1.807, 2.05) is 18.2 Å². The zero-order valence-corrected chi connectivity index (χ0v) is 14.2. The van der Waals surface area contributed by atoms with E-state index in [1.54, 1.807) is 0 Å². The number of hydrogen-bond acceptors (Lipinski definition) is 4. The van der Waals surface area contributed by atoms with Crippen LogP contribution >= 0.6 is 0 Å². The van der Waals surface area contributed by atoms with E-state index in [0.29, 0.717) is 25.5 Å². The van der Waals surface area contributed by atoms with Gasteiger partial charge >= 0.3 is 0 Å². The Labute approximate surface area is 147 Å². The molecular formula is C20H22N2O3. The van der Waals surface area contributed by atoms with Crippen LogP contribution in [0.3, 0.4) is 0 Å². The van der Waals surface area contributed by atoms with E-state index >= 15 is 0 Å². The predicted molar refractivity (Wildman–Crippen MR) is 96.1 cm³/mol. The Balaban J connectivity index is 1.37. The van der Waals surface area contributed by atoms with Crippen LogP contribution in [0.15, 0.2) is 42.5 Å². The van der Waals surface area contributed by atoms with Gasteiger partial charge in [0.05, 0.1) is 19.8 Å². The van der Waals surface area contributed by atoms with E-state index < -0.39 is 0 Å². The van der Waals surface area contributed by atoms with Gasteiger partial charge in [-0.15, -0.1) is 0 Å². The second-order valence-electron chi connectivity index (χ2n) is 6.49. The number of benzene rings is 2. The van der Waals surface area contributed by atoms with Gasteiger partial charge in [-0.3, -0.25) is 9.69 Å². The highest BCUT2D eigenvalue weighted by molar-refractivity contribution is 5.92. The van der Waals surface area contributed by atoms with Gasteiger partial charge in [0.15, 0.2) is 11.5 Å². The molecular weight excluding hydrogens is 316 g/mol. The van der Waals surface area contributed by atoms with Crippen molar-refractivity contribution in [3.8, 4) is 11.5 Å². The van der Waals surface area contributed by atoms with E-state index in [9.17, 15) is 4.79 Å². The highest BCUT2D eigenvalue weighted by atomic mass is 16.5. The second-order valence-corrected chi connectivity index (χ2v) is 6.49. The van der Waals surface area contributed by atoms with Crippen LogP contribution in [0.2, 0.25) is 0 Å². The molecule has 5 heteroatoms. The molecule has 0 aliphatic carbocycles. The number of nitrogens with zero attached hydrogens (tertiary/aromatic N) is 1. The summed E-state index contributed by atoms with van der Waals surface area (Å²) in [6.45, 7) is 3.42. The summed E-state index contributed by atoms with van der Waals surface area (Å²) in [4.78, 5) is 14.6. The minimum absolute atomic E-state index is 0.00567. The Morgan fingerprint density at radius 1 is 1.04 bits per heavy atom. The number of anilines is 1. The lowest BCUT2D eigenvalue weighted by Crippen LogP contribution is -2.37. The number of rotatable bonds is 3. The summed E-state index contributed by atoms with van der Waals surface area (Å²) in [5.74, 6) is 1.43. The van der Waals surface area contributed by atoms with Gasteiger partial charge in [0.25, 0.3) is 0 Å². The summed E-state index contributed by atoms with van der Waals surface area (Å²) in [6, 6.07) is 14.0. The monoisotopic (exact) mass is 338 g/mol. The standard InChI is InChI=1S/C20H22N2O3/c23-20(14-22-9-8-15-4-1-2-5-16(15)13-22)21-17-6-7-18-19(12-17)25-11-3-10-24-18/h1-2,4-7,12H,3,8-11,13-14H2,(H,21,23). The maximum Gasteiger partial charge on any atom is 0.238 e. The molecule has 0 saturated carbocycles. The van der Waals surface area contributed by atoms with Crippen LogP contribution in [-0.4, -0.2) is 37.1 Å². The molecule has 2 aliphatic heterocycles. The number of carbonyl (C=O) groups excluding carboxylic acids is 1. The summed E-state index contributed by atoms with van der Waals surface area (Å²) in [7, 11) is 0. The number of amides is 1. The highest BCUT2D eigenvalue weighted by Gasteiger charge is 2.18. The highest BCUT2D eigenvalue weighted by Crippen LogP contribution is 2.32. The lowest BCUT2D eigenvalue weighted by atomic mass is 10.00. The third-order valence-electron chi connectivity index (χ3n) is 4.61. The Morgan fingerprint density at radius 3 is 2.72 bits per heavy atom. The van der Waals surface area contributed by atoms with Crippen molar-refractivity contribution in [3.63, 3.8) is 0 Å². The van der Waals surface area contributed by atoms with Crippen molar-refractivity contribution in [1.29, 1.82) is 0 Å². The molecule has 130 valence electrons. The third kappa shape index (κ3) is 3.77. The molecule has 0 radical (unpaired) electrons. The lowest BCUT2D eigenvalue weighted by Gasteiger charge is -2.28. The molecule has 25 heavy (non-hydrogen) atoms. The van der Waals surface area contributed by atoms with E-state index in [2.05, 4.69) is 34.5 Å². The van der Waals surface area contributed by atoms with E-state index in [4.69, 9.17) is 9.47 Å². The first-order valence-corrected chi connectivity index (χ1v) is 8.76. The smallest absolute Gasteiger partial charge is 0.238 e.